The predicted octanol–water partition coefficient (Wildman–Crippen LogP) is -2.26. The Hall–Kier alpha value is -0.730. The average molecular weight is 236 g/mol. The van der Waals surface area contributed by atoms with E-state index in [2.05, 4.69) is 4.74 Å². The molecule has 1 rings (SSSR count). The van der Waals surface area contributed by atoms with Crippen molar-refractivity contribution in [2.24, 2.45) is 0 Å². The Labute approximate surface area is 92.2 Å². The summed E-state index contributed by atoms with van der Waals surface area (Å²) in [5.74, 6) is -0.896. The van der Waals surface area contributed by atoms with Crippen molar-refractivity contribution in [3.8, 4) is 0 Å². The first-order valence-electron chi connectivity index (χ1n) is 4.92. The molecule has 1 heterocycles. The number of rotatable bonds is 2. The Morgan fingerprint density at radius 3 is 2.19 bits per heavy atom. The molecule has 0 radical (unpaired) electrons. The van der Waals surface area contributed by atoms with Crippen molar-refractivity contribution in [1.29, 1.82) is 0 Å². The third-order valence-corrected chi connectivity index (χ3v) is 2.17. The number of ether oxygens (including phenoxy) is 2. The van der Waals surface area contributed by atoms with E-state index in [4.69, 9.17) is 14.9 Å². The summed E-state index contributed by atoms with van der Waals surface area (Å²) in [6, 6.07) is 0. The van der Waals surface area contributed by atoms with Crippen LogP contribution in [0.4, 0.5) is 0 Å². The number of hydrogen-bond donors (Lipinski definition) is 4. The molecule has 0 bridgehead atoms. The van der Waals surface area contributed by atoms with Gasteiger partial charge in [-0.05, 0) is 13.8 Å². The van der Waals surface area contributed by atoms with Gasteiger partial charge in [-0.2, -0.15) is 0 Å². The molecule has 1 aliphatic heterocycles. The Morgan fingerprint density at radius 1 is 1.12 bits per heavy atom. The summed E-state index contributed by atoms with van der Waals surface area (Å²) >= 11 is 0. The van der Waals surface area contributed by atoms with Crippen LogP contribution in [0.15, 0.2) is 0 Å². The number of carbonyl (C=O) groups excluding carboxylic acids is 1. The van der Waals surface area contributed by atoms with Crippen LogP contribution in [0.1, 0.15) is 13.8 Å². The van der Waals surface area contributed by atoms with Gasteiger partial charge < -0.3 is 29.9 Å². The van der Waals surface area contributed by atoms with Crippen LogP contribution in [0.3, 0.4) is 0 Å². The van der Waals surface area contributed by atoms with Crippen LogP contribution >= 0.6 is 0 Å². The van der Waals surface area contributed by atoms with Crippen molar-refractivity contribution in [3.63, 3.8) is 0 Å². The molecule has 2 unspecified atom stereocenters. The fraction of sp³-hybridized carbons (Fsp3) is 0.889. The Bertz CT molecular complexity index is 254. The first-order chi connectivity index (χ1) is 7.34. The molecule has 0 aromatic rings. The summed E-state index contributed by atoms with van der Waals surface area (Å²) in [6.45, 7) is 3.21. The van der Waals surface area contributed by atoms with E-state index in [0.29, 0.717) is 0 Å². The lowest BCUT2D eigenvalue weighted by molar-refractivity contribution is -0.281. The lowest BCUT2D eigenvalue weighted by Crippen LogP contribution is -2.60. The molecular formula is C9H16O7. The molecule has 4 N–H and O–H groups in total. The minimum atomic E-state index is -1.73. The smallest absolute Gasteiger partial charge is 0.338 e. The second kappa shape index (κ2) is 5.07. The maximum Gasteiger partial charge on any atom is 0.338 e. The van der Waals surface area contributed by atoms with Gasteiger partial charge in [0.1, 0.15) is 18.3 Å². The van der Waals surface area contributed by atoms with Gasteiger partial charge in [-0.25, -0.2) is 4.79 Å². The van der Waals surface area contributed by atoms with Crippen molar-refractivity contribution >= 4 is 5.97 Å². The maximum absolute atomic E-state index is 11.4. The zero-order valence-electron chi connectivity index (χ0n) is 8.98. The fourth-order valence-corrected chi connectivity index (χ4v) is 1.36. The van der Waals surface area contributed by atoms with Crippen molar-refractivity contribution in [2.75, 3.05) is 0 Å². The highest BCUT2D eigenvalue weighted by molar-refractivity contribution is 5.76. The second-order valence-corrected chi connectivity index (χ2v) is 3.90. The first kappa shape index (κ1) is 13.3. The second-order valence-electron chi connectivity index (χ2n) is 3.90. The summed E-state index contributed by atoms with van der Waals surface area (Å²) in [5, 5.41) is 37.1. The van der Waals surface area contributed by atoms with Gasteiger partial charge in [-0.15, -0.1) is 0 Å². The van der Waals surface area contributed by atoms with Gasteiger partial charge in [0.25, 0.3) is 0 Å². The van der Waals surface area contributed by atoms with E-state index in [-0.39, 0.29) is 0 Å². The molecule has 1 fully saturated rings. The van der Waals surface area contributed by atoms with Gasteiger partial charge in [-0.1, -0.05) is 0 Å². The van der Waals surface area contributed by atoms with Crippen molar-refractivity contribution in [3.05, 3.63) is 0 Å². The van der Waals surface area contributed by atoms with Gasteiger partial charge >= 0.3 is 5.97 Å². The molecular weight excluding hydrogens is 220 g/mol. The molecule has 0 saturated carbocycles. The predicted molar refractivity (Wildman–Crippen MR) is 50.1 cm³/mol. The molecule has 94 valence electrons. The standard InChI is InChI=1S/C9H16O7/c1-3(2)15-9(14)7-5(11)4(10)6(12)8(13)16-7/h3-8,10-13H,1-2H3/t4-,5-,6?,7?,8+/m0/s1. The van der Waals surface area contributed by atoms with Crippen LogP contribution in [0, 0.1) is 0 Å². The Morgan fingerprint density at radius 2 is 1.69 bits per heavy atom. The molecule has 1 aliphatic rings. The highest BCUT2D eigenvalue weighted by atomic mass is 16.7. The summed E-state index contributed by atoms with van der Waals surface area (Å²) in [4.78, 5) is 11.4. The molecule has 0 amide bonds. The van der Waals surface area contributed by atoms with Crippen LogP contribution in [-0.4, -0.2) is 63.2 Å². The third-order valence-electron chi connectivity index (χ3n) is 2.17. The average Bonchev–Trinajstić information content (AvgIpc) is 2.19. The van der Waals surface area contributed by atoms with Crippen molar-refractivity contribution in [1.82, 2.24) is 0 Å². The Kier molecular flexibility index (Phi) is 4.22. The molecule has 7 heteroatoms. The van der Waals surface area contributed by atoms with Crippen LogP contribution < -0.4 is 0 Å². The van der Waals surface area contributed by atoms with Crippen LogP contribution in [0.5, 0.6) is 0 Å². The van der Waals surface area contributed by atoms with E-state index in [0.717, 1.165) is 0 Å². The fourth-order valence-electron chi connectivity index (χ4n) is 1.36. The highest BCUT2D eigenvalue weighted by Crippen LogP contribution is 2.21. The van der Waals surface area contributed by atoms with E-state index < -0.39 is 42.8 Å². The zero-order chi connectivity index (χ0) is 12.5. The molecule has 1 saturated heterocycles. The monoisotopic (exact) mass is 236 g/mol. The zero-order valence-corrected chi connectivity index (χ0v) is 8.98. The topological polar surface area (TPSA) is 116 Å². The van der Waals surface area contributed by atoms with E-state index in [1.165, 1.54) is 0 Å². The van der Waals surface area contributed by atoms with Gasteiger partial charge in [0.15, 0.2) is 12.4 Å². The number of esters is 1. The van der Waals surface area contributed by atoms with Gasteiger partial charge in [0.2, 0.25) is 0 Å². The van der Waals surface area contributed by atoms with Gasteiger partial charge in [0.05, 0.1) is 6.10 Å². The molecule has 5 atom stereocenters. The maximum atomic E-state index is 11.4. The molecule has 0 spiro atoms. The number of aliphatic hydroxyl groups excluding tert-OH is 4. The minimum absolute atomic E-state index is 0.413. The van der Waals surface area contributed by atoms with Gasteiger partial charge in [-0.3, -0.25) is 0 Å². The molecule has 0 aromatic heterocycles. The normalized spacial score (nSPS) is 39.8. The number of carbonyl (C=O) groups is 1. The molecule has 16 heavy (non-hydrogen) atoms. The van der Waals surface area contributed by atoms with Gasteiger partial charge in [0, 0.05) is 0 Å². The largest absolute Gasteiger partial charge is 0.461 e. The number of aliphatic hydroxyl groups is 4. The molecule has 7 nitrogen and oxygen atoms in total. The lowest BCUT2D eigenvalue weighted by atomic mass is 9.99. The molecule has 0 aliphatic carbocycles. The lowest BCUT2D eigenvalue weighted by Gasteiger charge is -2.37. The summed E-state index contributed by atoms with van der Waals surface area (Å²) in [6.07, 6.45) is -8.60. The minimum Gasteiger partial charge on any atom is -0.461 e. The van der Waals surface area contributed by atoms with E-state index >= 15 is 0 Å². The third kappa shape index (κ3) is 2.69. The van der Waals surface area contributed by atoms with Crippen LogP contribution in [0.2, 0.25) is 0 Å². The molecule has 0 aromatic carbocycles. The summed E-state index contributed by atoms with van der Waals surface area (Å²) in [5.41, 5.74) is 0. The van der Waals surface area contributed by atoms with Crippen LogP contribution in [-0.2, 0) is 14.3 Å². The van der Waals surface area contributed by atoms with E-state index in [1.807, 2.05) is 0 Å². The summed E-state index contributed by atoms with van der Waals surface area (Å²) < 4.78 is 9.43. The first-order valence-corrected chi connectivity index (χ1v) is 4.92. The Balaban J connectivity index is 2.70. The SMILES string of the molecule is CC(C)OC(=O)C1O[C@@H](O)C(O)[C@@H](O)[C@@H]1O. The van der Waals surface area contributed by atoms with E-state index in [9.17, 15) is 15.0 Å². The quantitative estimate of drug-likeness (QED) is 0.400. The van der Waals surface area contributed by atoms with Crippen LogP contribution in [0.25, 0.3) is 0 Å². The van der Waals surface area contributed by atoms with E-state index in [1.54, 1.807) is 13.8 Å². The highest BCUT2D eigenvalue weighted by Gasteiger charge is 2.47. The summed E-state index contributed by atoms with van der Waals surface area (Å²) in [7, 11) is 0. The van der Waals surface area contributed by atoms with Crippen molar-refractivity contribution < 1.29 is 34.7 Å². The van der Waals surface area contributed by atoms with Crippen molar-refractivity contribution in [2.45, 2.75) is 50.7 Å². The number of hydrogen-bond acceptors (Lipinski definition) is 7.